The van der Waals surface area contributed by atoms with Crippen LogP contribution in [0.1, 0.15) is 0 Å². The van der Waals surface area contributed by atoms with Crippen LogP contribution in [0.25, 0.3) is 11.4 Å². The normalized spacial score (nSPS) is 9.82. The minimum absolute atomic E-state index is 0.765. The molecule has 0 unspecified atom stereocenters. The molecule has 0 aliphatic heterocycles. The third-order valence-corrected chi connectivity index (χ3v) is 1.69. The molecule has 0 radical (unpaired) electrons. The first-order chi connectivity index (χ1) is 5.47. The van der Waals surface area contributed by atoms with Crippen LogP contribution in [0.4, 0.5) is 0 Å². The van der Waals surface area contributed by atoms with E-state index >= 15 is 0 Å². The van der Waals surface area contributed by atoms with Gasteiger partial charge in [0.1, 0.15) is 11.4 Å². The summed E-state index contributed by atoms with van der Waals surface area (Å²) in [4.78, 5) is 7.98. The van der Waals surface area contributed by atoms with Crippen LogP contribution in [0.15, 0.2) is 24.0 Å². The molecule has 0 aliphatic carbocycles. The average molecular weight is 164 g/mol. The average Bonchev–Trinajstić information content (AvgIpc) is 2.58. The Morgan fingerprint density at radius 3 is 2.82 bits per heavy atom. The van der Waals surface area contributed by atoms with Crippen molar-refractivity contribution in [1.29, 1.82) is 0 Å². The summed E-state index contributed by atoms with van der Waals surface area (Å²) in [5.74, 6) is 0. The van der Waals surface area contributed by atoms with Crippen LogP contribution in [0.3, 0.4) is 0 Å². The summed E-state index contributed by atoms with van der Waals surface area (Å²) in [6.07, 6.45) is 4.93. The predicted octanol–water partition coefficient (Wildman–Crippen LogP) is 0.995. The Bertz CT molecular complexity index is 318. The summed E-state index contributed by atoms with van der Waals surface area (Å²) in [5.41, 5.74) is 1.55. The fourth-order valence-corrected chi connectivity index (χ4v) is 1.16. The Hall–Kier alpha value is -1.36. The molecule has 0 atom stereocenters. The van der Waals surface area contributed by atoms with Crippen molar-refractivity contribution in [2.45, 2.75) is 0 Å². The standard InChI is InChI=1S/C6H4N4S/c1-2-8-5(3-7-1)6-4-11-10-9-6/h1-4H. The van der Waals surface area contributed by atoms with E-state index in [2.05, 4.69) is 19.6 Å². The first-order valence-corrected chi connectivity index (χ1v) is 3.84. The highest BCUT2D eigenvalue weighted by molar-refractivity contribution is 7.03. The van der Waals surface area contributed by atoms with Gasteiger partial charge in [-0.05, 0) is 11.5 Å². The van der Waals surface area contributed by atoms with Gasteiger partial charge in [0.25, 0.3) is 0 Å². The van der Waals surface area contributed by atoms with Crippen molar-refractivity contribution in [3.05, 3.63) is 24.0 Å². The smallest absolute Gasteiger partial charge is 0.125 e. The molecule has 0 fully saturated rings. The van der Waals surface area contributed by atoms with E-state index in [1.165, 1.54) is 11.5 Å². The topological polar surface area (TPSA) is 51.6 Å². The van der Waals surface area contributed by atoms with Crippen LogP contribution < -0.4 is 0 Å². The molecule has 4 nitrogen and oxygen atoms in total. The van der Waals surface area contributed by atoms with Gasteiger partial charge in [0.2, 0.25) is 0 Å². The van der Waals surface area contributed by atoms with Crippen molar-refractivity contribution < 1.29 is 0 Å². The fraction of sp³-hybridized carbons (Fsp3) is 0. The second-order valence-electron chi connectivity index (χ2n) is 1.88. The number of aromatic nitrogens is 4. The first kappa shape index (κ1) is 6.36. The van der Waals surface area contributed by atoms with E-state index < -0.39 is 0 Å². The maximum atomic E-state index is 4.06. The summed E-state index contributed by atoms with van der Waals surface area (Å²) < 4.78 is 3.72. The van der Waals surface area contributed by atoms with Crippen molar-refractivity contribution in [1.82, 2.24) is 19.6 Å². The summed E-state index contributed by atoms with van der Waals surface area (Å²) in [5, 5.41) is 5.69. The van der Waals surface area contributed by atoms with Gasteiger partial charge in [0, 0.05) is 17.8 Å². The third-order valence-electron chi connectivity index (χ3n) is 1.19. The van der Waals surface area contributed by atoms with Gasteiger partial charge in [0.15, 0.2) is 0 Å². The van der Waals surface area contributed by atoms with E-state index in [4.69, 9.17) is 0 Å². The highest BCUT2D eigenvalue weighted by Crippen LogP contribution is 2.11. The molecule has 5 heteroatoms. The van der Waals surface area contributed by atoms with Gasteiger partial charge in [-0.1, -0.05) is 4.49 Å². The zero-order valence-electron chi connectivity index (χ0n) is 5.51. The molecular weight excluding hydrogens is 160 g/mol. The second-order valence-corrected chi connectivity index (χ2v) is 2.49. The Balaban J connectivity index is 2.46. The molecule has 0 bridgehead atoms. The Kier molecular flexibility index (Phi) is 1.57. The molecule has 0 spiro atoms. The second kappa shape index (κ2) is 2.71. The van der Waals surface area contributed by atoms with Crippen LogP contribution in [-0.2, 0) is 0 Å². The highest BCUT2D eigenvalue weighted by atomic mass is 32.1. The molecule has 0 aromatic carbocycles. The van der Waals surface area contributed by atoms with E-state index in [1.54, 1.807) is 18.6 Å². The maximum Gasteiger partial charge on any atom is 0.125 e. The number of rotatable bonds is 1. The van der Waals surface area contributed by atoms with Gasteiger partial charge in [-0.3, -0.25) is 9.97 Å². The van der Waals surface area contributed by atoms with Crippen LogP contribution in [0, 0.1) is 0 Å². The lowest BCUT2D eigenvalue weighted by Crippen LogP contribution is -1.83. The quantitative estimate of drug-likeness (QED) is 0.630. The molecule has 0 saturated carbocycles. The predicted molar refractivity (Wildman–Crippen MR) is 40.9 cm³/mol. The molecule has 0 N–H and O–H groups in total. The molecule has 54 valence electrons. The molecule has 2 aromatic rings. The lowest BCUT2D eigenvalue weighted by molar-refractivity contribution is 1.12. The van der Waals surface area contributed by atoms with Gasteiger partial charge >= 0.3 is 0 Å². The minimum atomic E-state index is 0.765. The van der Waals surface area contributed by atoms with Gasteiger partial charge in [-0.25, -0.2) is 0 Å². The SMILES string of the molecule is c1cnc(-c2csnn2)cn1. The van der Waals surface area contributed by atoms with Crippen LogP contribution in [0.5, 0.6) is 0 Å². The van der Waals surface area contributed by atoms with E-state index in [0.717, 1.165) is 11.4 Å². The molecule has 2 aromatic heterocycles. The third kappa shape index (κ3) is 1.22. The monoisotopic (exact) mass is 164 g/mol. The summed E-state index contributed by atoms with van der Waals surface area (Å²) in [7, 11) is 0. The Morgan fingerprint density at radius 1 is 1.18 bits per heavy atom. The summed E-state index contributed by atoms with van der Waals surface area (Å²) in [6, 6.07) is 0. The van der Waals surface area contributed by atoms with E-state index in [-0.39, 0.29) is 0 Å². The lowest BCUT2D eigenvalue weighted by Gasteiger charge is -1.89. The lowest BCUT2D eigenvalue weighted by atomic mass is 10.4. The molecule has 11 heavy (non-hydrogen) atoms. The van der Waals surface area contributed by atoms with E-state index in [9.17, 15) is 0 Å². The molecule has 2 heterocycles. The number of nitrogens with zero attached hydrogens (tertiary/aromatic N) is 4. The Morgan fingerprint density at radius 2 is 2.18 bits per heavy atom. The van der Waals surface area contributed by atoms with Gasteiger partial charge in [0.05, 0.1) is 6.20 Å². The largest absolute Gasteiger partial charge is 0.261 e. The van der Waals surface area contributed by atoms with Crippen LogP contribution in [-0.4, -0.2) is 19.6 Å². The minimum Gasteiger partial charge on any atom is -0.261 e. The summed E-state index contributed by atoms with van der Waals surface area (Å²) >= 11 is 1.31. The molecule has 0 saturated heterocycles. The zero-order chi connectivity index (χ0) is 7.52. The Labute approximate surface area is 67.1 Å². The van der Waals surface area contributed by atoms with Crippen molar-refractivity contribution in [3.8, 4) is 11.4 Å². The molecule has 0 amide bonds. The van der Waals surface area contributed by atoms with Crippen LogP contribution in [0.2, 0.25) is 0 Å². The van der Waals surface area contributed by atoms with Crippen molar-refractivity contribution >= 4 is 11.5 Å². The van der Waals surface area contributed by atoms with Crippen molar-refractivity contribution in [2.24, 2.45) is 0 Å². The first-order valence-electron chi connectivity index (χ1n) is 3.00. The van der Waals surface area contributed by atoms with Crippen molar-refractivity contribution in [3.63, 3.8) is 0 Å². The van der Waals surface area contributed by atoms with Crippen molar-refractivity contribution in [2.75, 3.05) is 0 Å². The number of hydrogen-bond acceptors (Lipinski definition) is 5. The van der Waals surface area contributed by atoms with E-state index in [0.29, 0.717) is 0 Å². The van der Waals surface area contributed by atoms with E-state index in [1.807, 2.05) is 5.38 Å². The maximum absolute atomic E-state index is 4.06. The molecule has 2 rings (SSSR count). The molecule has 0 aliphatic rings. The number of hydrogen-bond donors (Lipinski definition) is 0. The van der Waals surface area contributed by atoms with Gasteiger partial charge in [-0.15, -0.1) is 5.10 Å². The van der Waals surface area contributed by atoms with Crippen LogP contribution >= 0.6 is 11.5 Å². The zero-order valence-corrected chi connectivity index (χ0v) is 6.32. The summed E-state index contributed by atoms with van der Waals surface area (Å²) in [6.45, 7) is 0. The fourth-order valence-electron chi connectivity index (χ4n) is 0.708. The van der Waals surface area contributed by atoms with Gasteiger partial charge in [-0.2, -0.15) is 0 Å². The molecular formula is C6H4N4S. The van der Waals surface area contributed by atoms with Gasteiger partial charge < -0.3 is 0 Å². The highest BCUT2D eigenvalue weighted by Gasteiger charge is 1.99.